The number of rotatable bonds is 5. The molecule has 9 nitrogen and oxygen atoms in total. The van der Waals surface area contributed by atoms with Gasteiger partial charge in [0.05, 0.1) is 23.1 Å². The summed E-state index contributed by atoms with van der Waals surface area (Å²) in [4.78, 5) is 38.2. The number of nitrogens with zero attached hydrogens (tertiary/aromatic N) is 3. The van der Waals surface area contributed by atoms with Crippen LogP contribution in [0, 0.1) is 0 Å². The normalized spacial score (nSPS) is 11.2. The van der Waals surface area contributed by atoms with Gasteiger partial charge in [-0.1, -0.05) is 6.07 Å². The van der Waals surface area contributed by atoms with Crippen LogP contribution in [0.5, 0.6) is 0 Å². The first-order valence-corrected chi connectivity index (χ1v) is 8.15. The molecule has 0 aliphatic rings. The van der Waals surface area contributed by atoms with Crippen LogP contribution in [0.3, 0.4) is 0 Å². The maximum absolute atomic E-state index is 12.8. The van der Waals surface area contributed by atoms with E-state index < -0.39 is 35.3 Å². The molecule has 0 bridgehead atoms. The number of amides is 2. The van der Waals surface area contributed by atoms with Crippen molar-refractivity contribution in [2.24, 2.45) is 5.73 Å². The number of aromatic carboxylic acids is 1. The second-order valence-corrected chi connectivity index (χ2v) is 5.91. The Bertz CT molecular complexity index is 1140. The molecule has 12 heteroatoms. The van der Waals surface area contributed by atoms with Gasteiger partial charge in [-0.3, -0.25) is 9.59 Å². The van der Waals surface area contributed by atoms with Gasteiger partial charge in [-0.15, -0.1) is 0 Å². The average molecular weight is 419 g/mol. The minimum atomic E-state index is -4.73. The van der Waals surface area contributed by atoms with Crippen LogP contribution in [0.1, 0.15) is 37.0 Å². The Morgan fingerprint density at radius 1 is 1.07 bits per heavy atom. The Hall–Kier alpha value is -4.22. The summed E-state index contributed by atoms with van der Waals surface area (Å²) in [5, 5.41) is 15.1. The minimum absolute atomic E-state index is 0.0187. The molecule has 3 aromatic rings. The predicted octanol–water partition coefficient (Wildman–Crippen LogP) is 2.34. The summed E-state index contributed by atoms with van der Waals surface area (Å²) in [5.74, 6) is -3.14. The third-order valence-corrected chi connectivity index (χ3v) is 3.85. The van der Waals surface area contributed by atoms with Crippen LogP contribution < -0.4 is 11.1 Å². The number of pyridine rings is 1. The molecule has 0 saturated carbocycles. The number of nitrogens with two attached hydrogens (primary N) is 1. The average Bonchev–Trinajstić information content (AvgIpc) is 3.11. The van der Waals surface area contributed by atoms with E-state index in [1.807, 2.05) is 0 Å². The standard InChI is InChI=1S/C18H12F3N5O4/c19-18(20,21)13-3-1-2-11(23-13)16(28)24-12-8-26(25-14(12)15(22)27)10-6-4-9(5-7-10)17(29)30/h1-8H,(H2,22,27)(H,24,28)(H,29,30). The van der Waals surface area contributed by atoms with Crippen molar-refractivity contribution in [3.8, 4) is 5.69 Å². The number of carboxylic acids is 1. The number of nitrogens with one attached hydrogen (secondary N) is 1. The summed E-state index contributed by atoms with van der Waals surface area (Å²) < 4.78 is 39.5. The second-order valence-electron chi connectivity index (χ2n) is 5.91. The van der Waals surface area contributed by atoms with E-state index in [2.05, 4.69) is 15.4 Å². The number of primary amides is 1. The van der Waals surface area contributed by atoms with E-state index in [0.717, 1.165) is 16.8 Å². The molecule has 0 fully saturated rings. The highest BCUT2D eigenvalue weighted by Gasteiger charge is 2.33. The largest absolute Gasteiger partial charge is 0.478 e. The summed E-state index contributed by atoms with van der Waals surface area (Å²) in [6, 6.07) is 8.21. The van der Waals surface area contributed by atoms with Crippen molar-refractivity contribution in [1.82, 2.24) is 14.8 Å². The first-order valence-electron chi connectivity index (χ1n) is 8.15. The zero-order valence-corrected chi connectivity index (χ0v) is 14.8. The maximum atomic E-state index is 12.8. The SMILES string of the molecule is NC(=O)c1nn(-c2ccc(C(=O)O)cc2)cc1NC(=O)c1cccc(C(F)(F)F)n1. The van der Waals surface area contributed by atoms with Gasteiger partial charge in [0.15, 0.2) is 5.69 Å². The zero-order chi connectivity index (χ0) is 22.1. The van der Waals surface area contributed by atoms with Crippen LogP contribution in [0.4, 0.5) is 18.9 Å². The summed E-state index contributed by atoms with van der Waals surface area (Å²) in [6.07, 6.45) is -3.52. The van der Waals surface area contributed by atoms with Crippen LogP contribution in [0.25, 0.3) is 5.69 Å². The molecule has 0 atom stereocenters. The number of carbonyl (C=O) groups is 3. The summed E-state index contributed by atoms with van der Waals surface area (Å²) in [6.45, 7) is 0. The molecule has 2 amide bonds. The molecule has 2 aromatic heterocycles. The molecule has 2 heterocycles. The molecule has 0 spiro atoms. The zero-order valence-electron chi connectivity index (χ0n) is 14.8. The lowest BCUT2D eigenvalue weighted by atomic mass is 10.2. The molecule has 0 unspecified atom stereocenters. The number of carboxylic acid groups (broad SMARTS) is 1. The highest BCUT2D eigenvalue weighted by Crippen LogP contribution is 2.27. The molecular formula is C18H12F3N5O4. The second kappa shape index (κ2) is 7.66. The minimum Gasteiger partial charge on any atom is -0.478 e. The number of carbonyl (C=O) groups excluding carboxylic acids is 2. The molecule has 3 rings (SSSR count). The molecular weight excluding hydrogens is 407 g/mol. The lowest BCUT2D eigenvalue weighted by Gasteiger charge is -2.08. The van der Waals surface area contributed by atoms with Gasteiger partial charge in [0, 0.05) is 0 Å². The molecule has 0 radical (unpaired) electrons. The third kappa shape index (κ3) is 4.27. The van der Waals surface area contributed by atoms with Gasteiger partial charge in [0.25, 0.3) is 11.8 Å². The lowest BCUT2D eigenvalue weighted by Crippen LogP contribution is -2.19. The monoisotopic (exact) mass is 419 g/mol. The van der Waals surface area contributed by atoms with Crippen LogP contribution in [0.2, 0.25) is 0 Å². The predicted molar refractivity (Wildman–Crippen MR) is 96.2 cm³/mol. The van der Waals surface area contributed by atoms with Crippen molar-refractivity contribution in [3.05, 3.63) is 71.3 Å². The quantitative estimate of drug-likeness (QED) is 0.580. The van der Waals surface area contributed by atoms with Crippen LogP contribution in [-0.4, -0.2) is 37.7 Å². The molecule has 0 aliphatic heterocycles. The summed E-state index contributed by atoms with van der Waals surface area (Å²) in [7, 11) is 0. The van der Waals surface area contributed by atoms with Crippen LogP contribution >= 0.6 is 0 Å². The van der Waals surface area contributed by atoms with Crippen molar-refractivity contribution < 1.29 is 32.7 Å². The fourth-order valence-corrected chi connectivity index (χ4v) is 2.44. The lowest BCUT2D eigenvalue weighted by molar-refractivity contribution is -0.141. The first kappa shape index (κ1) is 20.5. The number of alkyl halides is 3. The van der Waals surface area contributed by atoms with E-state index in [-0.39, 0.29) is 16.9 Å². The van der Waals surface area contributed by atoms with Crippen LogP contribution in [0.15, 0.2) is 48.7 Å². The Morgan fingerprint density at radius 2 is 1.73 bits per heavy atom. The van der Waals surface area contributed by atoms with Crippen LogP contribution in [-0.2, 0) is 6.18 Å². The fraction of sp³-hybridized carbons (Fsp3) is 0.0556. The van der Waals surface area contributed by atoms with E-state index in [1.165, 1.54) is 30.5 Å². The topological polar surface area (TPSA) is 140 Å². The highest BCUT2D eigenvalue weighted by atomic mass is 19.4. The molecule has 1 aromatic carbocycles. The van der Waals surface area contributed by atoms with E-state index in [0.29, 0.717) is 11.8 Å². The van der Waals surface area contributed by atoms with Gasteiger partial charge in [-0.2, -0.15) is 18.3 Å². The molecule has 0 saturated heterocycles. The number of anilines is 1. The number of halogens is 3. The van der Waals surface area contributed by atoms with Gasteiger partial charge in [0.1, 0.15) is 11.4 Å². The van der Waals surface area contributed by atoms with Crippen molar-refractivity contribution in [3.63, 3.8) is 0 Å². The van der Waals surface area contributed by atoms with Gasteiger partial charge in [-0.05, 0) is 36.4 Å². The van der Waals surface area contributed by atoms with Crippen molar-refractivity contribution >= 4 is 23.5 Å². The fourth-order valence-electron chi connectivity index (χ4n) is 2.44. The highest BCUT2D eigenvalue weighted by molar-refractivity contribution is 6.07. The Balaban J connectivity index is 1.91. The van der Waals surface area contributed by atoms with Gasteiger partial charge in [-0.25, -0.2) is 14.5 Å². The Labute approximate surface area is 165 Å². The van der Waals surface area contributed by atoms with Gasteiger partial charge < -0.3 is 16.2 Å². The smallest absolute Gasteiger partial charge is 0.433 e. The molecule has 30 heavy (non-hydrogen) atoms. The van der Waals surface area contributed by atoms with E-state index >= 15 is 0 Å². The Morgan fingerprint density at radius 3 is 2.30 bits per heavy atom. The first-order chi connectivity index (χ1) is 14.1. The molecule has 0 aliphatic carbocycles. The number of benzene rings is 1. The van der Waals surface area contributed by atoms with E-state index in [9.17, 15) is 27.6 Å². The Kier molecular flexibility index (Phi) is 5.24. The van der Waals surface area contributed by atoms with E-state index in [1.54, 1.807) is 0 Å². The van der Waals surface area contributed by atoms with Gasteiger partial charge in [0.2, 0.25) is 0 Å². The number of hydrogen-bond donors (Lipinski definition) is 3. The van der Waals surface area contributed by atoms with Crippen molar-refractivity contribution in [2.45, 2.75) is 6.18 Å². The number of hydrogen-bond acceptors (Lipinski definition) is 5. The maximum Gasteiger partial charge on any atom is 0.433 e. The van der Waals surface area contributed by atoms with Crippen molar-refractivity contribution in [1.29, 1.82) is 0 Å². The van der Waals surface area contributed by atoms with E-state index in [4.69, 9.17) is 10.8 Å². The summed E-state index contributed by atoms with van der Waals surface area (Å²) in [5.41, 5.74) is 3.34. The van der Waals surface area contributed by atoms with Gasteiger partial charge >= 0.3 is 12.1 Å². The summed E-state index contributed by atoms with van der Waals surface area (Å²) >= 11 is 0. The molecule has 154 valence electrons. The van der Waals surface area contributed by atoms with Crippen molar-refractivity contribution in [2.75, 3.05) is 5.32 Å². The molecule has 4 N–H and O–H groups in total. The third-order valence-electron chi connectivity index (χ3n) is 3.85. The number of aromatic nitrogens is 3.